The maximum Gasteiger partial charge on any atom is 0.762 e. The van der Waals surface area contributed by atoms with E-state index in [-0.39, 0.29) is 41.6 Å². The van der Waals surface area contributed by atoms with Crippen LogP contribution in [0.2, 0.25) is 0 Å². The summed E-state index contributed by atoms with van der Waals surface area (Å²) in [6, 6.07) is 15.1. The minimum atomic E-state index is -3.67. The van der Waals surface area contributed by atoms with Crippen molar-refractivity contribution < 1.29 is 85.0 Å². The summed E-state index contributed by atoms with van der Waals surface area (Å²) in [5, 5.41) is 22.0. The number of Topliss-reactive ketones (excluding diaryl/α,β-unsaturated/α-hetero) is 3. The van der Waals surface area contributed by atoms with Gasteiger partial charge in [-0.1, -0.05) is 137 Å². The number of carbonyl (C=O) groups is 9. The third kappa shape index (κ3) is 59.5. The summed E-state index contributed by atoms with van der Waals surface area (Å²) in [6.07, 6.45) is 11.2. The first kappa shape index (κ1) is 105. The lowest BCUT2D eigenvalue weighted by Crippen LogP contribution is -3.00. The van der Waals surface area contributed by atoms with Gasteiger partial charge in [0.2, 0.25) is 11.8 Å². The molecule has 0 spiro atoms. The fraction of sp³-hybridized carbons (Fsp3) is 0.685. The smallest absolute Gasteiger partial charge is 0.762 e. The van der Waals surface area contributed by atoms with E-state index in [2.05, 4.69) is 89.1 Å². The van der Waals surface area contributed by atoms with Gasteiger partial charge in [0, 0.05) is 46.4 Å². The third-order valence-electron chi connectivity index (χ3n) is 12.8. The summed E-state index contributed by atoms with van der Waals surface area (Å²) >= 11 is 0. The first-order valence-corrected chi connectivity index (χ1v) is 34.4. The molecule has 6 atom stereocenters. The molecule has 2 aromatic rings. The molecule has 101 heavy (non-hydrogen) atoms. The molecule has 584 valence electrons. The number of benzene rings is 2. The molecule has 2 aromatic carbocycles. The second-order valence-corrected chi connectivity index (χ2v) is 28.4. The Bertz CT molecular complexity index is 2570. The molecular formula is C73H131BF4N9O14-. The Morgan fingerprint density at radius 2 is 0.792 bits per heavy atom. The van der Waals surface area contributed by atoms with Crippen LogP contribution in [0.1, 0.15) is 195 Å². The molecule has 28 heteroatoms. The number of halogens is 4. The van der Waals surface area contributed by atoms with Crippen LogP contribution in [0.5, 0.6) is 0 Å². The van der Waals surface area contributed by atoms with Crippen molar-refractivity contribution in [3.8, 4) is 0 Å². The fourth-order valence-electron chi connectivity index (χ4n) is 8.74. The second kappa shape index (κ2) is 58.8. The lowest BCUT2D eigenvalue weighted by atomic mass is 9.99. The Labute approximate surface area is 603 Å². The first-order chi connectivity index (χ1) is 46.0. The Balaban J connectivity index is -0.000000289. The van der Waals surface area contributed by atoms with E-state index in [1.165, 1.54) is 7.11 Å². The van der Waals surface area contributed by atoms with Crippen LogP contribution >= 0.6 is 0 Å². The van der Waals surface area contributed by atoms with Gasteiger partial charge in [-0.3, -0.25) is 36.9 Å². The highest BCUT2D eigenvalue weighted by Gasteiger charge is 2.35. The number of nitrogens with zero attached hydrogens (tertiary/aromatic N) is 2. The molecule has 1 aliphatic rings. The summed E-state index contributed by atoms with van der Waals surface area (Å²) in [7, 11) is 2.87. The van der Waals surface area contributed by atoms with Crippen molar-refractivity contribution in [2.45, 2.75) is 249 Å². The quantitative estimate of drug-likeness (QED) is 0.00659. The average Bonchev–Trinajstić information content (AvgIpc) is 1.32. The number of hydrogen-bond donors (Lipinski definition) is 8. The van der Waals surface area contributed by atoms with Crippen molar-refractivity contribution in [3.05, 3.63) is 84.2 Å². The Morgan fingerprint density at radius 1 is 0.505 bits per heavy atom. The van der Waals surface area contributed by atoms with E-state index in [0.717, 1.165) is 70.0 Å². The molecule has 3 rings (SSSR count). The van der Waals surface area contributed by atoms with Gasteiger partial charge < -0.3 is 76.2 Å². The lowest BCUT2D eigenvalue weighted by Gasteiger charge is -2.25. The fourth-order valence-corrected chi connectivity index (χ4v) is 8.74. The maximum atomic E-state index is 12.9. The molecule has 0 aromatic heterocycles. The molecule has 1 heterocycles. The Kier molecular flexibility index (Phi) is 61.3. The number of hydroxylamine groups is 1. The van der Waals surface area contributed by atoms with Crippen LogP contribution in [0.25, 0.3) is 0 Å². The van der Waals surface area contributed by atoms with Crippen LogP contribution in [0.15, 0.2) is 73.1 Å². The number of ether oxygens (including phenoxy) is 3. The predicted octanol–water partition coefficient (Wildman–Crippen LogP) is 7.09. The average molecular weight is 1450 g/mol. The highest BCUT2D eigenvalue weighted by molar-refractivity contribution is 6.37. The van der Waals surface area contributed by atoms with Gasteiger partial charge in [0.05, 0.1) is 31.9 Å². The molecular weight excluding hydrogens is 1310 g/mol. The van der Waals surface area contributed by atoms with E-state index < -0.39 is 95.7 Å². The molecule has 0 radical (unpaired) electrons. The van der Waals surface area contributed by atoms with Crippen LogP contribution in [-0.2, 0) is 75.0 Å². The number of hydrogen-bond acceptors (Lipinski definition) is 21. The molecule has 2 amide bonds. The van der Waals surface area contributed by atoms with Gasteiger partial charge in [0.1, 0.15) is 41.2 Å². The van der Waals surface area contributed by atoms with E-state index >= 15 is 0 Å². The maximum absolute atomic E-state index is 12.9. The first-order valence-electron chi connectivity index (χ1n) is 34.4. The SMILES string of the molecule is CCCN[C@@H](C=O)CC(C)C.CCCN[C@@H](CC(C)C)C(=O)C(=O)OC(C)(C)C.CCCN[C@@H](CC(C)C)C(=O)N[C@@H](Cc1ccccc1)C(=O)C(=O)OC(C)(C)C.CN1C=CN(C)C1.CO.CONC(CC(C)C)C(=O)N[C@@H](Cc1ccccc1)C(=O)C(=O)OC(C)(C)C.FB(F)F.N.[F-]. The summed E-state index contributed by atoms with van der Waals surface area (Å²) in [6.45, 7) is 41.4. The van der Waals surface area contributed by atoms with Crippen LogP contribution in [0, 0.1) is 23.7 Å². The van der Waals surface area contributed by atoms with Crippen LogP contribution in [0.4, 0.5) is 12.9 Å². The largest absolute Gasteiger partial charge is 1.00 e. The van der Waals surface area contributed by atoms with Gasteiger partial charge in [-0.2, -0.15) is 5.48 Å². The molecule has 0 saturated heterocycles. The number of ketones is 3. The summed E-state index contributed by atoms with van der Waals surface area (Å²) in [5.41, 5.74) is 2.13. The van der Waals surface area contributed by atoms with Gasteiger partial charge in [-0.05, 0) is 162 Å². The normalized spacial score (nSPS) is 13.2. The number of aliphatic hydroxyl groups is 1. The van der Waals surface area contributed by atoms with Gasteiger partial charge in [-0.15, -0.1) is 0 Å². The van der Waals surface area contributed by atoms with E-state index in [1.54, 1.807) is 62.3 Å². The number of aldehydes is 1. The van der Waals surface area contributed by atoms with E-state index in [4.69, 9.17) is 24.2 Å². The minimum absolute atomic E-state index is 0. The monoisotopic (exact) mass is 1440 g/mol. The molecule has 23 nitrogen and oxygen atoms in total. The molecule has 1 unspecified atom stereocenters. The van der Waals surface area contributed by atoms with Crippen molar-refractivity contribution in [2.75, 3.05) is 54.6 Å². The van der Waals surface area contributed by atoms with E-state index in [0.29, 0.717) is 43.6 Å². The van der Waals surface area contributed by atoms with Gasteiger partial charge in [-0.25, -0.2) is 14.4 Å². The summed E-state index contributed by atoms with van der Waals surface area (Å²) < 4.78 is 44.5. The molecule has 0 fully saturated rings. The second-order valence-electron chi connectivity index (χ2n) is 28.4. The van der Waals surface area contributed by atoms with Crippen molar-refractivity contribution >= 4 is 60.9 Å². The van der Waals surface area contributed by atoms with Gasteiger partial charge in [0.15, 0.2) is 0 Å². The summed E-state index contributed by atoms with van der Waals surface area (Å²) in [5.74, 6) is -3.82. The van der Waals surface area contributed by atoms with Gasteiger partial charge in [0.25, 0.3) is 17.3 Å². The minimum Gasteiger partial charge on any atom is -1.00 e. The predicted molar refractivity (Wildman–Crippen MR) is 393 cm³/mol. The topological polar surface area (TPSA) is 324 Å². The third-order valence-corrected chi connectivity index (χ3v) is 12.8. The summed E-state index contributed by atoms with van der Waals surface area (Å²) in [4.78, 5) is 119. The molecule has 1 aliphatic heterocycles. The number of carbonyl (C=O) groups excluding carboxylic acids is 9. The standard InChI is InChI=1S/C23H36N2O4.C21H32N2O5.C14H27NO3.C9H19NO.C5H10N2.CH4O.BF3.FH.H3N/c1-7-13-24-19(14-16(2)3)21(27)25-18(15-17-11-9-8-10-12-17)20(26)22(28)29-23(4,5)6;1-14(2)12-17(23-27-6)19(25)22-16(13-15-10-8-7-9-11-15)18(24)20(26)28-21(3,4)5;1-7-8-15-11(9-10(2)3)12(16)13(17)18-14(4,5)6;1-4-5-10-9(7-11)6-8(2)3;1-6-3-4-7(2)5-6;1-2;2-1(3)4;;/h8-12,16,18-19,24H,7,13-15H2,1-6H3,(H,25,27);7-11,14,16-17,23H,12-13H2,1-6H3,(H,22,25);10-11,15H,7-9H2,1-6H3;7-10H,4-6H2,1-3H3;3-4H,5H2,1-2H3;2H,1H3;;1H;1H3/p-1/t18-,19-;16-,17?;11-;9-;;;;;/m0001...../s1. The van der Waals surface area contributed by atoms with Crippen molar-refractivity contribution in [1.82, 2.24) is 48.0 Å². The van der Waals surface area contributed by atoms with Crippen molar-refractivity contribution in [2.24, 2.45) is 23.7 Å². The lowest BCUT2D eigenvalue weighted by molar-refractivity contribution is -0.163. The molecule has 0 saturated carbocycles. The van der Waals surface area contributed by atoms with Crippen molar-refractivity contribution in [1.29, 1.82) is 0 Å². The highest BCUT2D eigenvalue weighted by atomic mass is 19.4. The van der Waals surface area contributed by atoms with E-state index in [1.807, 2.05) is 116 Å². The van der Waals surface area contributed by atoms with Crippen LogP contribution in [0.3, 0.4) is 0 Å². The Hall–Kier alpha value is -6.69. The van der Waals surface area contributed by atoms with Crippen LogP contribution < -0.4 is 42.9 Å². The zero-order valence-electron chi connectivity index (χ0n) is 65.4. The zero-order chi connectivity index (χ0) is 77.2. The molecule has 10 N–H and O–H groups in total. The zero-order valence-corrected chi connectivity index (χ0v) is 65.4. The Morgan fingerprint density at radius 3 is 1.07 bits per heavy atom. The number of nitrogens with one attached hydrogen (secondary N) is 6. The van der Waals surface area contributed by atoms with E-state index in [9.17, 15) is 56.1 Å². The van der Waals surface area contributed by atoms with Gasteiger partial charge >= 0.3 is 25.5 Å². The number of aliphatic hydroxyl groups excluding tert-OH is 1. The number of rotatable bonds is 34. The van der Waals surface area contributed by atoms with Crippen molar-refractivity contribution in [3.63, 3.8) is 0 Å². The van der Waals surface area contributed by atoms with Crippen LogP contribution in [-0.4, -0.2) is 183 Å². The number of amides is 2. The highest BCUT2D eigenvalue weighted by Crippen LogP contribution is 2.16. The number of esters is 3. The molecule has 0 aliphatic carbocycles. The molecule has 0 bridgehead atoms.